The number of nitrogens with one attached hydrogen (secondary N) is 2. The van der Waals surface area contributed by atoms with Crippen molar-refractivity contribution >= 4 is 33.0 Å². The predicted octanol–water partition coefficient (Wildman–Crippen LogP) is 3.32. The summed E-state index contributed by atoms with van der Waals surface area (Å²) in [6.45, 7) is 1.35. The topological polar surface area (TPSA) is 105 Å². The van der Waals surface area contributed by atoms with Crippen LogP contribution < -0.4 is 20.7 Å². The van der Waals surface area contributed by atoms with E-state index in [9.17, 15) is 13.2 Å². The quantitative estimate of drug-likeness (QED) is 0.500. The zero-order valence-corrected chi connectivity index (χ0v) is 18.6. The lowest BCUT2D eigenvalue weighted by molar-refractivity contribution is 0.102. The highest BCUT2D eigenvalue weighted by Gasteiger charge is 2.25. The van der Waals surface area contributed by atoms with Crippen LogP contribution in [0.3, 0.4) is 0 Å². The zero-order chi connectivity index (χ0) is 22.7. The molecule has 32 heavy (non-hydrogen) atoms. The highest BCUT2D eigenvalue weighted by atomic mass is 32.2. The van der Waals surface area contributed by atoms with E-state index in [1.807, 2.05) is 54.6 Å². The first-order valence-electron chi connectivity index (χ1n) is 10.4. The van der Waals surface area contributed by atoms with Crippen molar-refractivity contribution in [2.24, 2.45) is 0 Å². The molecule has 1 fully saturated rings. The Labute approximate surface area is 188 Å². The van der Waals surface area contributed by atoms with Crippen molar-refractivity contribution in [3.63, 3.8) is 0 Å². The van der Waals surface area contributed by atoms with Gasteiger partial charge in [-0.1, -0.05) is 36.4 Å². The van der Waals surface area contributed by atoms with E-state index in [1.54, 1.807) is 18.2 Å². The first kappa shape index (κ1) is 21.9. The highest BCUT2D eigenvalue weighted by Crippen LogP contribution is 2.28. The maximum absolute atomic E-state index is 12.8. The first-order chi connectivity index (χ1) is 15.3. The van der Waals surface area contributed by atoms with Crippen molar-refractivity contribution < 1.29 is 13.2 Å². The second-order valence-corrected chi connectivity index (χ2v) is 9.77. The summed E-state index contributed by atoms with van der Waals surface area (Å²) in [5.41, 5.74) is 10.6. The van der Waals surface area contributed by atoms with Gasteiger partial charge in [0.05, 0.1) is 17.6 Å². The van der Waals surface area contributed by atoms with Gasteiger partial charge in [-0.05, 0) is 53.9 Å². The Morgan fingerprint density at radius 2 is 1.72 bits per heavy atom. The van der Waals surface area contributed by atoms with E-state index in [1.165, 1.54) is 6.26 Å². The van der Waals surface area contributed by atoms with Crippen molar-refractivity contribution in [2.45, 2.75) is 12.5 Å². The monoisotopic (exact) mass is 450 g/mol. The lowest BCUT2D eigenvalue weighted by Gasteiger charge is -2.19. The van der Waals surface area contributed by atoms with Crippen LogP contribution in [-0.2, 0) is 10.0 Å². The number of hydrogen-bond donors (Lipinski definition) is 3. The van der Waals surface area contributed by atoms with Crippen molar-refractivity contribution in [3.05, 3.63) is 78.4 Å². The lowest BCUT2D eigenvalue weighted by Crippen LogP contribution is -2.36. The second-order valence-electron chi connectivity index (χ2n) is 7.99. The van der Waals surface area contributed by atoms with Crippen molar-refractivity contribution in [1.82, 2.24) is 4.72 Å². The summed E-state index contributed by atoms with van der Waals surface area (Å²) >= 11 is 0. The number of anilines is 3. The van der Waals surface area contributed by atoms with Gasteiger partial charge in [0.15, 0.2) is 0 Å². The number of hydrogen-bond acceptors (Lipinski definition) is 5. The number of nitrogen functional groups attached to an aromatic ring is 1. The summed E-state index contributed by atoms with van der Waals surface area (Å²) in [5.74, 6) is -0.244. The summed E-state index contributed by atoms with van der Waals surface area (Å²) in [7, 11) is -3.23. The minimum atomic E-state index is -3.23. The van der Waals surface area contributed by atoms with Gasteiger partial charge >= 0.3 is 0 Å². The van der Waals surface area contributed by atoms with Crippen LogP contribution in [0.5, 0.6) is 0 Å². The van der Waals surface area contributed by atoms with E-state index in [2.05, 4.69) is 14.9 Å². The molecule has 1 atom stereocenters. The van der Waals surface area contributed by atoms with Crippen molar-refractivity contribution in [2.75, 3.05) is 35.3 Å². The zero-order valence-electron chi connectivity index (χ0n) is 17.8. The molecule has 1 heterocycles. The van der Waals surface area contributed by atoms with Crippen LogP contribution >= 0.6 is 0 Å². The summed E-state index contributed by atoms with van der Waals surface area (Å²) < 4.78 is 25.5. The molecule has 1 aliphatic heterocycles. The van der Waals surface area contributed by atoms with Gasteiger partial charge in [0, 0.05) is 30.4 Å². The largest absolute Gasteiger partial charge is 0.397 e. The van der Waals surface area contributed by atoms with Crippen molar-refractivity contribution in [3.8, 4) is 11.1 Å². The minimum Gasteiger partial charge on any atom is -0.397 e. The molecule has 0 saturated carbocycles. The molecular formula is C24H26N4O3S. The van der Waals surface area contributed by atoms with Crippen LogP contribution in [0.15, 0.2) is 72.8 Å². The standard InChI is InChI=1S/C24H26N4O3S/c1-32(30,31)27-20-13-14-28(16-20)21-10-7-18(8-11-21)24(29)26-23-15-19(9-12-22(23)25)17-5-3-2-4-6-17/h2-12,15,20,27H,13-14,16,25H2,1H3,(H,26,29)/t20-/m0/s1. The lowest BCUT2D eigenvalue weighted by atomic mass is 10.0. The van der Waals surface area contributed by atoms with Gasteiger partial charge in [0.1, 0.15) is 0 Å². The third kappa shape index (κ3) is 5.27. The van der Waals surface area contributed by atoms with Gasteiger partial charge in [-0.3, -0.25) is 4.79 Å². The van der Waals surface area contributed by atoms with E-state index in [0.29, 0.717) is 23.5 Å². The van der Waals surface area contributed by atoms with Gasteiger partial charge in [0.25, 0.3) is 5.91 Å². The molecule has 1 aliphatic rings. The molecular weight excluding hydrogens is 424 g/mol. The number of rotatable bonds is 6. The minimum absolute atomic E-state index is 0.104. The van der Waals surface area contributed by atoms with Crippen LogP contribution in [-0.4, -0.2) is 39.7 Å². The average Bonchev–Trinajstić information content (AvgIpc) is 3.22. The molecule has 3 aromatic carbocycles. The fourth-order valence-corrected chi connectivity index (χ4v) is 4.68. The van der Waals surface area contributed by atoms with Crippen LogP contribution in [0.1, 0.15) is 16.8 Å². The molecule has 0 aromatic heterocycles. The highest BCUT2D eigenvalue weighted by molar-refractivity contribution is 7.88. The SMILES string of the molecule is CS(=O)(=O)N[C@H]1CCN(c2ccc(C(=O)Nc3cc(-c4ccccc4)ccc3N)cc2)C1. The molecule has 1 amide bonds. The Kier molecular flexibility index (Phi) is 6.16. The fraction of sp³-hybridized carbons (Fsp3) is 0.208. The van der Waals surface area contributed by atoms with E-state index >= 15 is 0 Å². The molecule has 0 aliphatic carbocycles. The molecule has 0 bridgehead atoms. The number of carbonyl (C=O) groups is 1. The number of nitrogens with zero attached hydrogens (tertiary/aromatic N) is 1. The Balaban J connectivity index is 1.44. The van der Waals surface area contributed by atoms with Gasteiger partial charge in [0.2, 0.25) is 10.0 Å². The molecule has 166 valence electrons. The van der Waals surface area contributed by atoms with Gasteiger partial charge in [-0.25, -0.2) is 13.1 Å². The maximum atomic E-state index is 12.8. The Morgan fingerprint density at radius 3 is 2.41 bits per heavy atom. The van der Waals surface area contributed by atoms with E-state index in [-0.39, 0.29) is 11.9 Å². The summed E-state index contributed by atoms with van der Waals surface area (Å²) in [4.78, 5) is 14.9. The smallest absolute Gasteiger partial charge is 0.255 e. The molecule has 4 N–H and O–H groups in total. The van der Waals surface area contributed by atoms with Crippen LogP contribution in [0.4, 0.5) is 17.1 Å². The Morgan fingerprint density at radius 1 is 1.00 bits per heavy atom. The third-order valence-corrected chi connectivity index (χ3v) is 6.23. The normalized spacial score (nSPS) is 16.2. The van der Waals surface area contributed by atoms with Gasteiger partial charge < -0.3 is 16.0 Å². The molecule has 1 saturated heterocycles. The number of sulfonamides is 1. The summed E-state index contributed by atoms with van der Waals surface area (Å²) in [6.07, 6.45) is 1.91. The fourth-order valence-electron chi connectivity index (χ4n) is 3.89. The molecule has 7 nitrogen and oxygen atoms in total. The maximum Gasteiger partial charge on any atom is 0.255 e. The molecule has 0 unspecified atom stereocenters. The van der Waals surface area contributed by atoms with Crippen molar-refractivity contribution in [1.29, 1.82) is 0 Å². The van der Waals surface area contributed by atoms with Crippen LogP contribution in [0.25, 0.3) is 11.1 Å². The Bertz CT molecular complexity index is 1210. The first-order valence-corrected chi connectivity index (χ1v) is 12.3. The third-order valence-electron chi connectivity index (χ3n) is 5.47. The summed E-state index contributed by atoms with van der Waals surface area (Å²) in [6, 6.07) is 22.7. The molecule has 3 aromatic rings. The predicted molar refractivity (Wildman–Crippen MR) is 129 cm³/mol. The number of benzene rings is 3. The molecule has 8 heteroatoms. The van der Waals surface area contributed by atoms with Crippen LogP contribution in [0.2, 0.25) is 0 Å². The van der Waals surface area contributed by atoms with E-state index in [4.69, 9.17) is 5.73 Å². The van der Waals surface area contributed by atoms with Crippen LogP contribution in [0, 0.1) is 0 Å². The number of carbonyl (C=O) groups excluding carboxylic acids is 1. The average molecular weight is 451 g/mol. The van der Waals surface area contributed by atoms with Gasteiger partial charge in [-0.15, -0.1) is 0 Å². The number of nitrogens with two attached hydrogens (primary N) is 1. The Hall–Kier alpha value is -3.36. The number of amides is 1. The summed E-state index contributed by atoms with van der Waals surface area (Å²) in [5, 5.41) is 2.90. The van der Waals surface area contributed by atoms with Gasteiger partial charge in [-0.2, -0.15) is 0 Å². The molecule has 4 rings (SSSR count). The van der Waals surface area contributed by atoms with E-state index in [0.717, 1.165) is 29.8 Å². The molecule has 0 radical (unpaired) electrons. The second kappa shape index (κ2) is 9.02. The van der Waals surface area contributed by atoms with E-state index < -0.39 is 10.0 Å². The molecule has 0 spiro atoms.